The van der Waals surface area contributed by atoms with Crippen molar-refractivity contribution in [3.05, 3.63) is 0 Å². The van der Waals surface area contributed by atoms with Crippen LogP contribution in [0.4, 0.5) is 0 Å². The van der Waals surface area contributed by atoms with Gasteiger partial charge in [-0.05, 0) is 5.92 Å². The Morgan fingerprint density at radius 1 is 1.22 bits per heavy atom. The molecule has 0 aromatic carbocycles. The Bertz CT molecular complexity index is 373. The zero-order valence-corrected chi connectivity index (χ0v) is 13.7. The molecule has 9 heteroatoms. The van der Waals surface area contributed by atoms with Crippen molar-refractivity contribution in [3.8, 4) is 0 Å². The molecule has 0 saturated carbocycles. The van der Waals surface area contributed by atoms with E-state index in [-0.39, 0.29) is 17.9 Å². The van der Waals surface area contributed by atoms with Crippen LogP contribution in [0.5, 0.6) is 0 Å². The van der Waals surface area contributed by atoms with Gasteiger partial charge in [-0.1, -0.05) is 20.3 Å². The third-order valence-electron chi connectivity index (χ3n) is 3.57. The molecule has 0 spiro atoms. The van der Waals surface area contributed by atoms with Gasteiger partial charge in [0, 0.05) is 26.2 Å². The number of carboxylic acids is 2. The minimum absolute atomic E-state index is 0.0346. The van der Waals surface area contributed by atoms with E-state index < -0.39 is 11.9 Å². The Morgan fingerprint density at radius 3 is 2.17 bits per heavy atom. The minimum Gasteiger partial charge on any atom is -0.473 e. The van der Waals surface area contributed by atoms with Gasteiger partial charge in [-0.3, -0.25) is 9.69 Å². The van der Waals surface area contributed by atoms with Gasteiger partial charge in [-0.15, -0.1) is 0 Å². The molecule has 1 fully saturated rings. The number of nitrogens with one attached hydrogen (secondary N) is 1. The van der Waals surface area contributed by atoms with Crippen molar-refractivity contribution in [3.63, 3.8) is 0 Å². The fraction of sp³-hybridized carbons (Fsp3) is 0.786. The molecule has 134 valence electrons. The predicted molar refractivity (Wildman–Crippen MR) is 83.0 cm³/mol. The van der Waals surface area contributed by atoms with Crippen LogP contribution in [0.2, 0.25) is 0 Å². The second-order valence-corrected chi connectivity index (χ2v) is 5.27. The summed E-state index contributed by atoms with van der Waals surface area (Å²) in [6.45, 7) is 9.09. The molecule has 0 radical (unpaired) electrons. The van der Waals surface area contributed by atoms with Crippen molar-refractivity contribution in [2.75, 3.05) is 39.4 Å². The molecule has 1 aliphatic heterocycles. The standard InChI is InChI=1S/C12H25N3O2.C2H2O4/c1-3-10(2)11(13)12(16)14-4-5-15-6-8-17-9-7-15;3-1(4)2(5)6/h10-11H,3-9,13H2,1-2H3,(H,14,16);(H,3,4)(H,5,6)/t10-,11-;/m0./s1. The molecule has 9 nitrogen and oxygen atoms in total. The van der Waals surface area contributed by atoms with Crippen LogP contribution < -0.4 is 11.1 Å². The molecule has 1 rings (SSSR count). The van der Waals surface area contributed by atoms with Crippen LogP contribution in [-0.4, -0.2) is 78.4 Å². The van der Waals surface area contributed by atoms with E-state index in [1.165, 1.54) is 0 Å². The minimum atomic E-state index is -1.82. The topological polar surface area (TPSA) is 142 Å². The molecule has 2 atom stereocenters. The Morgan fingerprint density at radius 2 is 1.74 bits per heavy atom. The van der Waals surface area contributed by atoms with Crippen molar-refractivity contribution >= 4 is 17.8 Å². The van der Waals surface area contributed by atoms with Crippen LogP contribution in [0, 0.1) is 5.92 Å². The summed E-state index contributed by atoms with van der Waals surface area (Å²) in [6, 6.07) is -0.385. The first kappa shape index (κ1) is 21.3. The van der Waals surface area contributed by atoms with Gasteiger partial charge in [0.2, 0.25) is 5.91 Å². The van der Waals surface area contributed by atoms with Crippen LogP contribution in [-0.2, 0) is 19.1 Å². The highest BCUT2D eigenvalue weighted by atomic mass is 16.5. The lowest BCUT2D eigenvalue weighted by atomic mass is 9.99. The molecule has 1 aliphatic rings. The Kier molecular flexibility index (Phi) is 10.9. The molecule has 0 aliphatic carbocycles. The van der Waals surface area contributed by atoms with E-state index >= 15 is 0 Å². The summed E-state index contributed by atoms with van der Waals surface area (Å²) in [5.41, 5.74) is 5.84. The third kappa shape index (κ3) is 9.82. The fourth-order valence-electron chi connectivity index (χ4n) is 1.79. The Balaban J connectivity index is 0.000000688. The maximum atomic E-state index is 11.7. The van der Waals surface area contributed by atoms with Gasteiger partial charge in [0.25, 0.3) is 0 Å². The van der Waals surface area contributed by atoms with Gasteiger partial charge < -0.3 is 26.0 Å². The molecular formula is C14H27N3O6. The summed E-state index contributed by atoms with van der Waals surface area (Å²) < 4.78 is 5.26. The van der Waals surface area contributed by atoms with Gasteiger partial charge in [-0.25, -0.2) is 9.59 Å². The van der Waals surface area contributed by atoms with Crippen molar-refractivity contribution in [1.82, 2.24) is 10.2 Å². The van der Waals surface area contributed by atoms with Crippen LogP contribution >= 0.6 is 0 Å². The number of rotatable bonds is 6. The van der Waals surface area contributed by atoms with Crippen molar-refractivity contribution in [2.45, 2.75) is 26.3 Å². The number of nitrogens with two attached hydrogens (primary N) is 1. The summed E-state index contributed by atoms with van der Waals surface area (Å²) in [7, 11) is 0. The normalized spacial score (nSPS) is 17.3. The smallest absolute Gasteiger partial charge is 0.414 e. The van der Waals surface area contributed by atoms with Gasteiger partial charge in [0.05, 0.1) is 19.3 Å². The number of aliphatic carboxylic acids is 2. The molecule has 0 unspecified atom stereocenters. The summed E-state index contributed by atoms with van der Waals surface area (Å²) in [4.78, 5) is 32.2. The number of hydrogen-bond acceptors (Lipinski definition) is 6. The number of amides is 1. The van der Waals surface area contributed by atoms with E-state index in [9.17, 15) is 4.79 Å². The van der Waals surface area contributed by atoms with E-state index in [0.717, 1.165) is 39.3 Å². The number of hydrogen-bond donors (Lipinski definition) is 4. The molecule has 0 aromatic heterocycles. The largest absolute Gasteiger partial charge is 0.473 e. The third-order valence-corrected chi connectivity index (χ3v) is 3.57. The van der Waals surface area contributed by atoms with E-state index in [1.54, 1.807) is 0 Å². The molecule has 1 heterocycles. The highest BCUT2D eigenvalue weighted by Gasteiger charge is 2.19. The van der Waals surface area contributed by atoms with Crippen LogP contribution in [0.3, 0.4) is 0 Å². The van der Waals surface area contributed by atoms with Crippen LogP contribution in [0.1, 0.15) is 20.3 Å². The maximum Gasteiger partial charge on any atom is 0.414 e. The number of ether oxygens (including phenoxy) is 1. The Hall–Kier alpha value is -1.71. The fourth-order valence-corrected chi connectivity index (χ4v) is 1.79. The summed E-state index contributed by atoms with van der Waals surface area (Å²) >= 11 is 0. The lowest BCUT2D eigenvalue weighted by molar-refractivity contribution is -0.159. The average Bonchev–Trinajstić information content (AvgIpc) is 2.54. The lowest BCUT2D eigenvalue weighted by Crippen LogP contribution is -2.47. The first-order valence-corrected chi connectivity index (χ1v) is 7.59. The number of nitrogens with zero attached hydrogens (tertiary/aromatic N) is 1. The maximum absolute atomic E-state index is 11.7. The van der Waals surface area contributed by atoms with Crippen molar-refractivity contribution in [2.24, 2.45) is 11.7 Å². The molecule has 1 saturated heterocycles. The Labute approximate surface area is 135 Å². The SMILES string of the molecule is CC[C@H](C)[C@H](N)C(=O)NCCN1CCOCC1.O=C(O)C(=O)O. The van der Waals surface area contributed by atoms with Crippen molar-refractivity contribution < 1.29 is 29.3 Å². The van der Waals surface area contributed by atoms with Crippen LogP contribution in [0.15, 0.2) is 0 Å². The van der Waals surface area contributed by atoms with E-state index in [2.05, 4.69) is 10.2 Å². The molecule has 0 bridgehead atoms. The van der Waals surface area contributed by atoms with E-state index in [0.29, 0.717) is 6.54 Å². The van der Waals surface area contributed by atoms with Gasteiger partial charge in [-0.2, -0.15) is 0 Å². The number of carbonyl (C=O) groups is 3. The predicted octanol–water partition coefficient (Wildman–Crippen LogP) is -1.04. The number of morpholine rings is 1. The lowest BCUT2D eigenvalue weighted by Gasteiger charge is -2.27. The number of carboxylic acid groups (broad SMARTS) is 2. The van der Waals surface area contributed by atoms with Crippen LogP contribution in [0.25, 0.3) is 0 Å². The van der Waals surface area contributed by atoms with Gasteiger partial charge in [0.15, 0.2) is 0 Å². The van der Waals surface area contributed by atoms with Crippen molar-refractivity contribution in [1.29, 1.82) is 0 Å². The quantitative estimate of drug-likeness (QED) is 0.452. The van der Waals surface area contributed by atoms with Gasteiger partial charge >= 0.3 is 11.9 Å². The molecule has 5 N–H and O–H groups in total. The first-order chi connectivity index (χ1) is 10.8. The zero-order chi connectivity index (χ0) is 17.8. The molecule has 0 aromatic rings. The summed E-state index contributed by atoms with van der Waals surface area (Å²) in [5.74, 6) is -3.45. The average molecular weight is 333 g/mol. The second-order valence-electron chi connectivity index (χ2n) is 5.27. The molecule has 1 amide bonds. The monoisotopic (exact) mass is 333 g/mol. The summed E-state index contributed by atoms with van der Waals surface area (Å²) in [5, 5.41) is 17.7. The van der Waals surface area contributed by atoms with E-state index in [1.807, 2.05) is 13.8 Å². The highest BCUT2D eigenvalue weighted by Crippen LogP contribution is 2.04. The number of carbonyl (C=O) groups excluding carboxylic acids is 1. The summed E-state index contributed by atoms with van der Waals surface area (Å²) in [6.07, 6.45) is 0.929. The first-order valence-electron chi connectivity index (χ1n) is 7.59. The molecular weight excluding hydrogens is 306 g/mol. The van der Waals surface area contributed by atoms with Gasteiger partial charge in [0.1, 0.15) is 0 Å². The second kappa shape index (κ2) is 11.8. The van der Waals surface area contributed by atoms with E-state index in [4.69, 9.17) is 30.3 Å². The highest BCUT2D eigenvalue weighted by molar-refractivity contribution is 6.27. The zero-order valence-electron chi connectivity index (χ0n) is 13.7. The molecule has 23 heavy (non-hydrogen) atoms.